The van der Waals surface area contributed by atoms with Crippen LogP contribution in [0, 0.1) is 5.92 Å². The fourth-order valence-corrected chi connectivity index (χ4v) is 5.54. The fraction of sp³-hybridized carbons (Fsp3) is 0.714. The molecular formula is C21H31ClN3OS2Tc. The first-order valence-electron chi connectivity index (χ1n) is 10.3. The van der Waals surface area contributed by atoms with Gasteiger partial charge in [0.05, 0.1) is 0 Å². The van der Waals surface area contributed by atoms with Crippen molar-refractivity contribution >= 4 is 36.9 Å². The van der Waals surface area contributed by atoms with Crippen molar-refractivity contribution in [2.45, 2.75) is 37.3 Å². The minimum absolute atomic E-state index is 0.605. The van der Waals surface area contributed by atoms with Gasteiger partial charge in [-0.3, -0.25) is 0 Å². The topological polar surface area (TPSA) is 37.7 Å². The molecule has 2 bridgehead atoms. The Labute approximate surface area is 202 Å². The number of halogens is 1. The Balaban J connectivity index is 0.00000145. The molecule has 2 heterocycles. The second-order valence-corrected chi connectivity index (χ2v) is 9.15. The summed E-state index contributed by atoms with van der Waals surface area (Å²) in [6, 6.07) is 9.96. The number of hydrogen-bond acceptors (Lipinski definition) is 5. The van der Waals surface area contributed by atoms with Crippen LogP contribution in [0.3, 0.4) is 0 Å². The standard InChI is InChI=1S/C21H33ClN3S2.O.Tc/c1-24-18-6-7-21(24)20(15-25(11-13-27)10-8-23-9-12-26)19(14-18)16-2-4-17(22)5-3-16;;/h2-5,18-21,26-27H,6-15H2,1H3;;/q-1;;+3/p-2/t18?,19-,20+,21?;;/m1../s1. The van der Waals surface area contributed by atoms with Crippen LogP contribution in [0.15, 0.2) is 24.3 Å². The molecular weight excluding hydrogens is 508 g/mol. The van der Waals surface area contributed by atoms with Crippen molar-refractivity contribution in [3.8, 4) is 0 Å². The summed E-state index contributed by atoms with van der Waals surface area (Å²) in [5.74, 6) is 2.74. The van der Waals surface area contributed by atoms with Gasteiger partial charge in [-0.15, -0.1) is 6.54 Å². The van der Waals surface area contributed by atoms with Crippen molar-refractivity contribution in [1.29, 1.82) is 0 Å². The monoisotopic (exact) mass is 537 g/mol. The third-order valence-electron chi connectivity index (χ3n) is 6.43. The molecule has 0 aliphatic carbocycles. The first-order valence-corrected chi connectivity index (χ1v) is 12.6. The third-order valence-corrected chi connectivity index (χ3v) is 7.05. The summed E-state index contributed by atoms with van der Waals surface area (Å²) in [6.07, 6.45) is 3.90. The van der Waals surface area contributed by atoms with E-state index in [4.69, 9.17) is 40.4 Å². The molecule has 1 aromatic rings. The quantitative estimate of drug-likeness (QED) is 0.336. The zero-order valence-corrected chi connectivity index (χ0v) is 21.3. The van der Waals surface area contributed by atoms with Crippen LogP contribution in [0.2, 0.25) is 5.02 Å². The molecule has 162 valence electrons. The second kappa shape index (κ2) is 13.8. The molecule has 0 amide bonds. The van der Waals surface area contributed by atoms with Gasteiger partial charge >= 0.3 is 22.4 Å². The minimum atomic E-state index is 0.605. The van der Waals surface area contributed by atoms with Crippen molar-refractivity contribution < 1.29 is 22.4 Å². The molecule has 0 aromatic heterocycles. The molecule has 0 saturated carbocycles. The SMILES string of the molecule is CN1C2CCC1[C@@H](CN(CC[S-])CC[N-]CC[S-])[C@@H](c1ccc(Cl)cc1)C2.[O]=[Tc+3]. The first-order chi connectivity index (χ1) is 14.1. The number of nitrogens with zero attached hydrogens (tertiary/aromatic N) is 3. The Morgan fingerprint density at radius 1 is 1.14 bits per heavy atom. The van der Waals surface area contributed by atoms with Crippen LogP contribution in [0.5, 0.6) is 0 Å². The van der Waals surface area contributed by atoms with E-state index in [2.05, 4.69) is 34.3 Å². The molecule has 29 heavy (non-hydrogen) atoms. The summed E-state index contributed by atoms with van der Waals surface area (Å²) in [6.45, 7) is 4.74. The van der Waals surface area contributed by atoms with E-state index < -0.39 is 0 Å². The molecule has 3 rings (SSSR count). The third kappa shape index (κ3) is 7.28. The van der Waals surface area contributed by atoms with Crippen LogP contribution in [0.25, 0.3) is 5.32 Å². The average Bonchev–Trinajstić information content (AvgIpc) is 2.98. The Morgan fingerprint density at radius 2 is 1.86 bits per heavy atom. The summed E-state index contributed by atoms with van der Waals surface area (Å²) in [7, 11) is 2.32. The molecule has 2 unspecified atom stereocenters. The Bertz CT molecular complexity index is 598. The van der Waals surface area contributed by atoms with E-state index in [9.17, 15) is 0 Å². The van der Waals surface area contributed by atoms with Crippen molar-refractivity contribution in [2.75, 3.05) is 51.3 Å². The first kappa shape index (κ1) is 25.8. The summed E-state index contributed by atoms with van der Waals surface area (Å²) < 4.78 is 8.22. The molecule has 2 fully saturated rings. The van der Waals surface area contributed by atoms with Gasteiger partial charge in [0.1, 0.15) is 0 Å². The average molecular weight is 539 g/mol. The number of piperidine rings is 1. The molecule has 2 aliphatic heterocycles. The van der Waals surface area contributed by atoms with Crippen molar-refractivity contribution in [2.24, 2.45) is 5.92 Å². The van der Waals surface area contributed by atoms with Crippen LogP contribution in [-0.2, 0) is 47.6 Å². The molecule has 0 spiro atoms. The Hall–Kier alpha value is 0.539. The van der Waals surface area contributed by atoms with Gasteiger partial charge in [-0.05, 0) is 68.9 Å². The summed E-state index contributed by atoms with van der Waals surface area (Å²) in [5.41, 5.74) is 1.45. The molecule has 4 nitrogen and oxygen atoms in total. The van der Waals surface area contributed by atoms with E-state index in [1.165, 1.54) is 24.8 Å². The van der Waals surface area contributed by atoms with Gasteiger partial charge in [0.2, 0.25) is 0 Å². The van der Waals surface area contributed by atoms with E-state index in [1.54, 1.807) is 0 Å². The number of hydrogen-bond donors (Lipinski definition) is 0. The molecule has 2 saturated heterocycles. The summed E-state index contributed by atoms with van der Waals surface area (Å²) in [4.78, 5) is 5.19. The number of fused-ring (bicyclic) bond motifs is 2. The van der Waals surface area contributed by atoms with Gasteiger partial charge in [-0.2, -0.15) is 18.1 Å². The van der Waals surface area contributed by atoms with Crippen LogP contribution >= 0.6 is 11.6 Å². The van der Waals surface area contributed by atoms with Crippen LogP contribution < -0.4 is 0 Å². The molecule has 4 atom stereocenters. The van der Waals surface area contributed by atoms with E-state index in [-0.39, 0.29) is 0 Å². The number of rotatable bonds is 10. The molecule has 2 aliphatic rings. The fourth-order valence-electron chi connectivity index (χ4n) is 5.03. The molecule has 1 aromatic carbocycles. The van der Waals surface area contributed by atoms with E-state index >= 15 is 0 Å². The zero-order valence-electron chi connectivity index (χ0n) is 17.0. The van der Waals surface area contributed by atoms with Crippen molar-refractivity contribution in [3.63, 3.8) is 0 Å². The second-order valence-electron chi connectivity index (χ2n) is 7.90. The molecule has 8 heteroatoms. The Morgan fingerprint density at radius 3 is 2.52 bits per heavy atom. The zero-order chi connectivity index (χ0) is 21.2. The predicted molar refractivity (Wildman–Crippen MR) is 122 cm³/mol. The summed E-state index contributed by atoms with van der Waals surface area (Å²) >= 11 is 17.4. The van der Waals surface area contributed by atoms with Crippen LogP contribution in [0.4, 0.5) is 0 Å². The van der Waals surface area contributed by atoms with Gasteiger partial charge < -0.3 is 40.4 Å². The van der Waals surface area contributed by atoms with Gasteiger partial charge in [0.25, 0.3) is 0 Å². The summed E-state index contributed by atoms with van der Waals surface area (Å²) in [5, 5.41) is 5.37. The van der Waals surface area contributed by atoms with Gasteiger partial charge in [0.15, 0.2) is 0 Å². The van der Waals surface area contributed by atoms with Crippen molar-refractivity contribution in [1.82, 2.24) is 9.80 Å². The van der Waals surface area contributed by atoms with E-state index in [0.29, 0.717) is 17.9 Å². The normalized spacial score (nSPS) is 26.3. The van der Waals surface area contributed by atoms with E-state index in [0.717, 1.165) is 74.1 Å². The van der Waals surface area contributed by atoms with Gasteiger partial charge in [-0.1, -0.05) is 23.7 Å². The molecule has 0 radical (unpaired) electrons. The predicted octanol–water partition coefficient (Wildman–Crippen LogP) is 3.55. The van der Waals surface area contributed by atoms with Crippen LogP contribution in [-0.4, -0.2) is 73.2 Å². The maximum absolute atomic E-state index is 8.22. The van der Waals surface area contributed by atoms with Gasteiger partial charge in [-0.25, -0.2) is 0 Å². The number of benzene rings is 1. The van der Waals surface area contributed by atoms with E-state index in [1.807, 2.05) is 12.1 Å². The molecule has 0 N–H and O–H groups in total. The Kier molecular flexibility index (Phi) is 12.3. The van der Waals surface area contributed by atoms with Crippen LogP contribution in [0.1, 0.15) is 30.7 Å². The van der Waals surface area contributed by atoms with Gasteiger partial charge in [0, 0.05) is 23.7 Å². The van der Waals surface area contributed by atoms with Crippen molar-refractivity contribution in [3.05, 3.63) is 40.2 Å². The maximum atomic E-state index is 8.22.